The number of nitrogens with zero attached hydrogens (tertiary/aromatic N) is 2. The molecule has 2 rings (SSSR count). The second-order valence-electron chi connectivity index (χ2n) is 4.31. The molecule has 19 heavy (non-hydrogen) atoms. The number of imide groups is 1. The number of piperidine rings is 1. The Labute approximate surface area is 109 Å². The fourth-order valence-electron chi connectivity index (χ4n) is 1.91. The number of amides is 3. The normalized spacial score (nSPS) is 18.6. The van der Waals surface area contributed by atoms with Crippen molar-refractivity contribution in [3.8, 4) is 6.07 Å². The van der Waals surface area contributed by atoms with E-state index in [1.807, 2.05) is 6.07 Å². The average Bonchev–Trinajstić information content (AvgIpc) is 2.74. The van der Waals surface area contributed by atoms with Crippen LogP contribution in [0.15, 0.2) is 12.3 Å². The molecule has 1 unspecified atom stereocenters. The van der Waals surface area contributed by atoms with Gasteiger partial charge in [-0.1, -0.05) is 0 Å². The van der Waals surface area contributed by atoms with Crippen LogP contribution in [0.4, 0.5) is 0 Å². The maximum absolute atomic E-state index is 12.0. The molecule has 0 aliphatic carbocycles. The van der Waals surface area contributed by atoms with E-state index in [-0.39, 0.29) is 18.7 Å². The summed E-state index contributed by atoms with van der Waals surface area (Å²) >= 11 is 0. The Bertz CT molecular complexity index is 597. The Morgan fingerprint density at radius 1 is 1.58 bits per heavy atom. The minimum Gasteiger partial charge on any atom is -0.345 e. The topological polar surface area (TPSA) is 104 Å². The Hall–Kier alpha value is -2.62. The van der Waals surface area contributed by atoms with E-state index in [0.717, 1.165) is 0 Å². The summed E-state index contributed by atoms with van der Waals surface area (Å²) in [6.45, 7) is 0. The molecule has 98 valence electrons. The first-order valence-electron chi connectivity index (χ1n) is 5.72. The van der Waals surface area contributed by atoms with E-state index in [1.54, 1.807) is 7.05 Å². The van der Waals surface area contributed by atoms with E-state index in [9.17, 15) is 14.4 Å². The Balaban J connectivity index is 2.09. The molecule has 7 heteroatoms. The van der Waals surface area contributed by atoms with Gasteiger partial charge < -0.3 is 9.88 Å². The first-order valence-corrected chi connectivity index (χ1v) is 5.72. The van der Waals surface area contributed by atoms with Gasteiger partial charge in [0, 0.05) is 19.7 Å². The monoisotopic (exact) mass is 260 g/mol. The molecule has 0 saturated carbocycles. The van der Waals surface area contributed by atoms with Crippen molar-refractivity contribution in [2.24, 2.45) is 7.05 Å². The maximum Gasteiger partial charge on any atom is 0.268 e. The van der Waals surface area contributed by atoms with E-state index in [4.69, 9.17) is 5.26 Å². The highest BCUT2D eigenvalue weighted by Gasteiger charge is 2.28. The van der Waals surface area contributed by atoms with Crippen molar-refractivity contribution < 1.29 is 14.4 Å². The van der Waals surface area contributed by atoms with Crippen LogP contribution in [0.5, 0.6) is 0 Å². The molecule has 0 radical (unpaired) electrons. The van der Waals surface area contributed by atoms with Crippen LogP contribution in [0, 0.1) is 11.3 Å². The SMILES string of the molecule is Cn1cc(C#N)cc1C(=O)NC1CCC(=O)NC1=O. The Morgan fingerprint density at radius 3 is 2.89 bits per heavy atom. The number of aryl methyl sites for hydroxylation is 1. The molecule has 1 fully saturated rings. The summed E-state index contributed by atoms with van der Waals surface area (Å²) in [7, 11) is 1.64. The minimum atomic E-state index is -0.717. The second kappa shape index (κ2) is 4.94. The lowest BCUT2D eigenvalue weighted by atomic mass is 10.1. The maximum atomic E-state index is 12.0. The molecule has 1 aliphatic heterocycles. The minimum absolute atomic E-state index is 0.202. The fraction of sp³-hybridized carbons (Fsp3) is 0.333. The van der Waals surface area contributed by atoms with Gasteiger partial charge in [-0.3, -0.25) is 19.7 Å². The zero-order valence-electron chi connectivity index (χ0n) is 10.3. The second-order valence-corrected chi connectivity index (χ2v) is 4.31. The van der Waals surface area contributed by atoms with Crippen LogP contribution in [0.3, 0.4) is 0 Å². The first-order chi connectivity index (χ1) is 9.01. The zero-order valence-corrected chi connectivity index (χ0v) is 10.3. The summed E-state index contributed by atoms with van der Waals surface area (Å²) in [5, 5.41) is 13.5. The van der Waals surface area contributed by atoms with Gasteiger partial charge in [0.1, 0.15) is 17.8 Å². The van der Waals surface area contributed by atoms with E-state index in [2.05, 4.69) is 10.6 Å². The largest absolute Gasteiger partial charge is 0.345 e. The Morgan fingerprint density at radius 2 is 2.32 bits per heavy atom. The van der Waals surface area contributed by atoms with Crippen LogP contribution in [-0.2, 0) is 16.6 Å². The lowest BCUT2D eigenvalue weighted by molar-refractivity contribution is -0.134. The number of nitriles is 1. The van der Waals surface area contributed by atoms with Crippen LogP contribution < -0.4 is 10.6 Å². The van der Waals surface area contributed by atoms with Crippen molar-refractivity contribution >= 4 is 17.7 Å². The average molecular weight is 260 g/mol. The van der Waals surface area contributed by atoms with Gasteiger partial charge in [-0.05, 0) is 12.5 Å². The van der Waals surface area contributed by atoms with Crippen molar-refractivity contribution in [2.45, 2.75) is 18.9 Å². The van der Waals surface area contributed by atoms with Gasteiger partial charge in [-0.15, -0.1) is 0 Å². The number of carbonyl (C=O) groups is 3. The summed E-state index contributed by atoms with van der Waals surface area (Å²) in [6, 6.07) is 2.67. The van der Waals surface area contributed by atoms with Crippen LogP contribution in [0.2, 0.25) is 0 Å². The lowest BCUT2D eigenvalue weighted by Crippen LogP contribution is -2.52. The standard InChI is InChI=1S/C12H12N4O3/c1-16-6-7(5-13)4-9(16)12(19)14-8-2-3-10(17)15-11(8)18/h4,6,8H,2-3H2,1H3,(H,14,19)(H,15,17,18). The fourth-order valence-corrected chi connectivity index (χ4v) is 1.91. The van der Waals surface area contributed by atoms with Crippen LogP contribution in [0.25, 0.3) is 0 Å². The molecule has 1 atom stereocenters. The number of aromatic nitrogens is 1. The van der Waals surface area contributed by atoms with Gasteiger partial charge in [0.25, 0.3) is 5.91 Å². The van der Waals surface area contributed by atoms with Gasteiger partial charge in [-0.25, -0.2) is 0 Å². The molecule has 2 heterocycles. The van der Waals surface area contributed by atoms with Crippen LogP contribution in [0.1, 0.15) is 28.9 Å². The summed E-state index contributed by atoms with van der Waals surface area (Å²) < 4.78 is 1.51. The Kier molecular flexibility index (Phi) is 3.33. The van der Waals surface area contributed by atoms with Gasteiger partial charge in [0.15, 0.2) is 0 Å². The molecule has 2 N–H and O–H groups in total. The highest BCUT2D eigenvalue weighted by Crippen LogP contribution is 2.09. The highest BCUT2D eigenvalue weighted by molar-refractivity contribution is 6.03. The molecule has 1 aromatic rings. The zero-order chi connectivity index (χ0) is 14.0. The molecule has 1 aromatic heterocycles. The lowest BCUT2D eigenvalue weighted by Gasteiger charge is -2.21. The van der Waals surface area contributed by atoms with Crippen molar-refractivity contribution in [3.05, 3.63) is 23.5 Å². The molecule has 1 saturated heterocycles. The highest BCUT2D eigenvalue weighted by atomic mass is 16.2. The molecular weight excluding hydrogens is 248 g/mol. The molecular formula is C12H12N4O3. The van der Waals surface area contributed by atoms with E-state index < -0.39 is 17.9 Å². The molecule has 0 spiro atoms. The van der Waals surface area contributed by atoms with Gasteiger partial charge in [0.05, 0.1) is 5.56 Å². The number of nitrogens with one attached hydrogen (secondary N) is 2. The number of carbonyl (C=O) groups excluding carboxylic acids is 3. The molecule has 1 aliphatic rings. The number of hydrogen-bond acceptors (Lipinski definition) is 4. The van der Waals surface area contributed by atoms with Crippen molar-refractivity contribution in [3.63, 3.8) is 0 Å². The third-order valence-electron chi connectivity index (χ3n) is 2.91. The van der Waals surface area contributed by atoms with Crippen LogP contribution in [-0.4, -0.2) is 28.3 Å². The van der Waals surface area contributed by atoms with E-state index in [0.29, 0.717) is 11.3 Å². The van der Waals surface area contributed by atoms with Gasteiger partial charge in [-0.2, -0.15) is 5.26 Å². The van der Waals surface area contributed by atoms with Gasteiger partial charge >= 0.3 is 0 Å². The predicted molar refractivity (Wildman–Crippen MR) is 63.8 cm³/mol. The van der Waals surface area contributed by atoms with Crippen molar-refractivity contribution in [1.82, 2.24) is 15.2 Å². The summed E-state index contributed by atoms with van der Waals surface area (Å²) in [5.74, 6) is -1.28. The van der Waals surface area contributed by atoms with Crippen molar-refractivity contribution in [2.75, 3.05) is 0 Å². The molecule has 0 bridgehead atoms. The third-order valence-corrected chi connectivity index (χ3v) is 2.91. The quantitative estimate of drug-likeness (QED) is 0.695. The third kappa shape index (κ3) is 2.63. The summed E-state index contributed by atoms with van der Waals surface area (Å²) in [4.78, 5) is 34.5. The van der Waals surface area contributed by atoms with Crippen LogP contribution >= 0.6 is 0 Å². The number of hydrogen-bond donors (Lipinski definition) is 2. The van der Waals surface area contributed by atoms with Gasteiger partial charge in [0.2, 0.25) is 11.8 Å². The summed E-state index contributed by atoms with van der Waals surface area (Å²) in [5.41, 5.74) is 0.664. The smallest absolute Gasteiger partial charge is 0.268 e. The summed E-state index contributed by atoms with van der Waals surface area (Å²) in [6.07, 6.45) is 2.01. The van der Waals surface area contributed by atoms with E-state index in [1.165, 1.54) is 16.8 Å². The molecule has 7 nitrogen and oxygen atoms in total. The number of rotatable bonds is 2. The predicted octanol–water partition coefficient (Wildman–Crippen LogP) is -0.568. The first kappa shape index (κ1) is 12.8. The van der Waals surface area contributed by atoms with E-state index >= 15 is 0 Å². The van der Waals surface area contributed by atoms with Crippen molar-refractivity contribution in [1.29, 1.82) is 5.26 Å². The molecule has 3 amide bonds. The molecule has 0 aromatic carbocycles.